The summed E-state index contributed by atoms with van der Waals surface area (Å²) in [5.74, 6) is -0.270. The van der Waals surface area contributed by atoms with Crippen molar-refractivity contribution in [2.75, 3.05) is 0 Å². The maximum Gasteiger partial charge on any atom is 0.160 e. The Morgan fingerprint density at radius 1 is 1.16 bits per heavy atom. The third-order valence-electron chi connectivity index (χ3n) is 3.17. The molecule has 19 heavy (non-hydrogen) atoms. The normalized spacial score (nSPS) is 11.2. The van der Waals surface area contributed by atoms with E-state index in [9.17, 15) is 4.39 Å². The third kappa shape index (κ3) is 1.98. The summed E-state index contributed by atoms with van der Waals surface area (Å²) in [5, 5.41) is 4.85. The van der Waals surface area contributed by atoms with Crippen LogP contribution in [0.5, 0.6) is 0 Å². The van der Waals surface area contributed by atoms with Crippen LogP contribution >= 0.6 is 11.6 Å². The van der Waals surface area contributed by atoms with Crippen LogP contribution in [-0.4, -0.2) is 14.6 Å². The minimum Gasteiger partial charge on any atom is -0.217 e. The quantitative estimate of drug-likeness (QED) is 0.632. The fourth-order valence-electron chi connectivity index (χ4n) is 2.03. The van der Waals surface area contributed by atoms with Gasteiger partial charge in [-0.15, -0.1) is 0 Å². The van der Waals surface area contributed by atoms with Crippen LogP contribution in [0.15, 0.2) is 30.3 Å². The van der Waals surface area contributed by atoms with Crippen molar-refractivity contribution in [1.29, 1.82) is 0 Å². The van der Waals surface area contributed by atoms with Crippen LogP contribution in [-0.2, 0) is 0 Å². The highest BCUT2D eigenvalue weighted by molar-refractivity contribution is 6.29. The van der Waals surface area contributed by atoms with E-state index in [1.54, 1.807) is 22.7 Å². The lowest BCUT2D eigenvalue weighted by molar-refractivity contribution is 0.628. The summed E-state index contributed by atoms with van der Waals surface area (Å²) >= 11 is 6.06. The lowest BCUT2D eigenvalue weighted by Crippen LogP contribution is -1.97. The molecule has 3 nitrogen and oxygen atoms in total. The van der Waals surface area contributed by atoms with E-state index < -0.39 is 0 Å². The number of hydrogen-bond donors (Lipinski definition) is 0. The first-order chi connectivity index (χ1) is 9.06. The van der Waals surface area contributed by atoms with Gasteiger partial charge in [-0.25, -0.2) is 13.9 Å². The average molecular weight is 276 g/mol. The standard InChI is InChI=1S/C14H11ClFN3/c1-8-9(2)18-19-12(7-13(15)17-14(8)19)10-3-5-11(16)6-4-10/h3-7H,1-2H3. The van der Waals surface area contributed by atoms with Crippen molar-refractivity contribution in [1.82, 2.24) is 14.6 Å². The van der Waals surface area contributed by atoms with Gasteiger partial charge in [-0.1, -0.05) is 11.6 Å². The summed E-state index contributed by atoms with van der Waals surface area (Å²) < 4.78 is 14.7. The molecule has 0 amide bonds. The van der Waals surface area contributed by atoms with Gasteiger partial charge in [0, 0.05) is 17.2 Å². The van der Waals surface area contributed by atoms with Gasteiger partial charge in [0.05, 0.1) is 11.4 Å². The summed E-state index contributed by atoms with van der Waals surface area (Å²) in [6, 6.07) is 7.96. The third-order valence-corrected chi connectivity index (χ3v) is 3.36. The predicted octanol–water partition coefficient (Wildman–Crippen LogP) is 3.81. The molecule has 5 heteroatoms. The summed E-state index contributed by atoms with van der Waals surface area (Å²) in [4.78, 5) is 4.29. The van der Waals surface area contributed by atoms with Crippen LogP contribution in [0, 0.1) is 19.7 Å². The molecule has 0 radical (unpaired) electrons. The molecule has 0 aliphatic heterocycles. The Balaban J connectivity index is 2.34. The van der Waals surface area contributed by atoms with E-state index in [-0.39, 0.29) is 5.82 Å². The van der Waals surface area contributed by atoms with Crippen LogP contribution in [0.2, 0.25) is 5.15 Å². The van der Waals surface area contributed by atoms with Crippen molar-refractivity contribution in [3.8, 4) is 11.3 Å². The zero-order valence-corrected chi connectivity index (χ0v) is 11.2. The molecule has 0 atom stereocenters. The van der Waals surface area contributed by atoms with E-state index in [0.29, 0.717) is 5.15 Å². The number of fused-ring (bicyclic) bond motifs is 1. The molecule has 0 unspecified atom stereocenters. The second kappa shape index (κ2) is 4.31. The summed E-state index contributed by atoms with van der Waals surface area (Å²) in [7, 11) is 0. The van der Waals surface area contributed by atoms with Crippen molar-refractivity contribution in [2.45, 2.75) is 13.8 Å². The van der Waals surface area contributed by atoms with Crippen molar-refractivity contribution in [3.05, 3.63) is 52.6 Å². The highest BCUT2D eigenvalue weighted by atomic mass is 35.5. The monoisotopic (exact) mass is 275 g/mol. The summed E-state index contributed by atoms with van der Waals surface area (Å²) in [6.07, 6.45) is 0. The SMILES string of the molecule is Cc1nn2c(-c3ccc(F)cc3)cc(Cl)nc2c1C. The maximum absolute atomic E-state index is 13.0. The number of rotatable bonds is 1. The number of aromatic nitrogens is 3. The predicted molar refractivity (Wildman–Crippen MR) is 72.9 cm³/mol. The van der Waals surface area contributed by atoms with E-state index in [4.69, 9.17) is 11.6 Å². The lowest BCUT2D eigenvalue weighted by atomic mass is 10.1. The summed E-state index contributed by atoms with van der Waals surface area (Å²) in [5.41, 5.74) is 4.26. The zero-order valence-electron chi connectivity index (χ0n) is 10.5. The molecule has 0 fully saturated rings. The Labute approximate surface area is 114 Å². The topological polar surface area (TPSA) is 30.2 Å². The molecule has 3 aromatic rings. The first-order valence-electron chi connectivity index (χ1n) is 5.84. The minimum absolute atomic E-state index is 0.270. The van der Waals surface area contributed by atoms with Crippen LogP contribution in [0.25, 0.3) is 16.9 Å². The molecular weight excluding hydrogens is 265 g/mol. The summed E-state index contributed by atoms with van der Waals surface area (Å²) in [6.45, 7) is 3.88. The Kier molecular flexibility index (Phi) is 2.75. The van der Waals surface area contributed by atoms with E-state index in [2.05, 4.69) is 10.1 Å². The highest BCUT2D eigenvalue weighted by Gasteiger charge is 2.12. The van der Waals surface area contributed by atoms with Crippen LogP contribution in [0.1, 0.15) is 11.3 Å². The van der Waals surface area contributed by atoms with Crippen LogP contribution in [0.4, 0.5) is 4.39 Å². The number of nitrogens with zero attached hydrogens (tertiary/aromatic N) is 3. The van der Waals surface area contributed by atoms with Gasteiger partial charge in [0.1, 0.15) is 11.0 Å². The molecule has 3 rings (SSSR count). The van der Waals surface area contributed by atoms with Crippen molar-refractivity contribution < 1.29 is 4.39 Å². The smallest absolute Gasteiger partial charge is 0.160 e. The van der Waals surface area contributed by atoms with Crippen molar-refractivity contribution in [2.24, 2.45) is 0 Å². The van der Waals surface area contributed by atoms with Gasteiger partial charge in [0.2, 0.25) is 0 Å². The molecule has 0 N–H and O–H groups in total. The fourth-order valence-corrected chi connectivity index (χ4v) is 2.21. The average Bonchev–Trinajstić information content (AvgIpc) is 2.66. The molecule has 2 heterocycles. The number of benzene rings is 1. The van der Waals surface area contributed by atoms with Crippen LogP contribution < -0.4 is 0 Å². The second-order valence-corrected chi connectivity index (χ2v) is 4.80. The van der Waals surface area contributed by atoms with Gasteiger partial charge >= 0.3 is 0 Å². The zero-order chi connectivity index (χ0) is 13.6. The van der Waals surface area contributed by atoms with Gasteiger partial charge in [0.25, 0.3) is 0 Å². The van der Waals surface area contributed by atoms with E-state index in [1.165, 1.54) is 12.1 Å². The van der Waals surface area contributed by atoms with Crippen molar-refractivity contribution >= 4 is 17.2 Å². The van der Waals surface area contributed by atoms with Gasteiger partial charge in [-0.05, 0) is 38.1 Å². The molecule has 1 aromatic carbocycles. The molecule has 0 bridgehead atoms. The second-order valence-electron chi connectivity index (χ2n) is 4.42. The number of halogens is 2. The maximum atomic E-state index is 13.0. The fraction of sp³-hybridized carbons (Fsp3) is 0.143. The molecule has 96 valence electrons. The number of aryl methyl sites for hydroxylation is 2. The minimum atomic E-state index is -0.270. The first kappa shape index (κ1) is 12.1. The lowest BCUT2D eigenvalue weighted by Gasteiger charge is -2.05. The Morgan fingerprint density at radius 2 is 1.84 bits per heavy atom. The molecule has 2 aromatic heterocycles. The van der Waals surface area contributed by atoms with Crippen LogP contribution in [0.3, 0.4) is 0 Å². The van der Waals surface area contributed by atoms with Gasteiger partial charge < -0.3 is 0 Å². The van der Waals surface area contributed by atoms with Gasteiger partial charge in [-0.3, -0.25) is 0 Å². The molecule has 0 spiro atoms. The van der Waals surface area contributed by atoms with E-state index in [1.807, 2.05) is 13.8 Å². The first-order valence-corrected chi connectivity index (χ1v) is 6.22. The van der Waals surface area contributed by atoms with E-state index >= 15 is 0 Å². The molecule has 0 saturated carbocycles. The largest absolute Gasteiger partial charge is 0.217 e. The molecular formula is C14H11ClFN3. The van der Waals surface area contributed by atoms with Crippen molar-refractivity contribution in [3.63, 3.8) is 0 Å². The van der Waals surface area contributed by atoms with E-state index in [0.717, 1.165) is 28.2 Å². The molecule has 0 aliphatic rings. The highest BCUT2D eigenvalue weighted by Crippen LogP contribution is 2.25. The molecule has 0 aliphatic carbocycles. The van der Waals surface area contributed by atoms with Gasteiger partial charge in [0.15, 0.2) is 5.65 Å². The van der Waals surface area contributed by atoms with Gasteiger partial charge in [-0.2, -0.15) is 5.10 Å². The Bertz CT molecular complexity index is 762. The Morgan fingerprint density at radius 3 is 2.53 bits per heavy atom. The Hall–Kier alpha value is -1.94. The molecule has 0 saturated heterocycles. The number of hydrogen-bond acceptors (Lipinski definition) is 2.